The number of fused-ring (bicyclic) bond motifs is 1. The van der Waals surface area contributed by atoms with Gasteiger partial charge in [0.25, 0.3) is 0 Å². The lowest BCUT2D eigenvalue weighted by atomic mass is 9.69. The summed E-state index contributed by atoms with van der Waals surface area (Å²) in [6.45, 7) is 3.70. The lowest BCUT2D eigenvalue weighted by molar-refractivity contribution is -0.148. The summed E-state index contributed by atoms with van der Waals surface area (Å²) in [4.78, 5) is 23.6. The molecule has 0 aromatic carbocycles. The molecule has 29 heavy (non-hydrogen) atoms. The largest absolute Gasteiger partial charge is 0.464 e. The van der Waals surface area contributed by atoms with E-state index in [0.717, 1.165) is 38.1 Å². The topological polar surface area (TPSA) is 131 Å². The van der Waals surface area contributed by atoms with E-state index in [0.29, 0.717) is 43.9 Å². The fourth-order valence-electron chi connectivity index (χ4n) is 4.44. The van der Waals surface area contributed by atoms with E-state index in [1.165, 1.54) is 12.8 Å². The van der Waals surface area contributed by atoms with Crippen LogP contribution >= 0.6 is 0 Å². The van der Waals surface area contributed by atoms with Crippen molar-refractivity contribution in [2.75, 3.05) is 26.3 Å². The molecular weight excluding hydrogens is 376 g/mol. The number of aromatic nitrogens is 4. The molecule has 1 aromatic heterocycles. The van der Waals surface area contributed by atoms with E-state index in [4.69, 9.17) is 9.47 Å². The van der Waals surface area contributed by atoms with Crippen molar-refractivity contribution in [1.29, 1.82) is 0 Å². The predicted octanol–water partition coefficient (Wildman–Crippen LogP) is 1.21. The van der Waals surface area contributed by atoms with Crippen molar-refractivity contribution < 1.29 is 19.1 Å². The Bertz CT molecular complexity index is 641. The summed E-state index contributed by atoms with van der Waals surface area (Å²) in [6.07, 6.45) is 6.47. The van der Waals surface area contributed by atoms with Crippen molar-refractivity contribution in [3.05, 3.63) is 5.82 Å². The van der Waals surface area contributed by atoms with E-state index in [-0.39, 0.29) is 12.0 Å². The smallest absolute Gasteiger partial charge is 0.407 e. The minimum absolute atomic E-state index is 0.187. The molecule has 0 spiro atoms. The van der Waals surface area contributed by atoms with Crippen LogP contribution in [-0.2, 0) is 20.7 Å². The molecule has 10 nitrogen and oxygen atoms in total. The molecular formula is C19H32N6O4. The first-order valence-corrected chi connectivity index (χ1v) is 10.7. The molecule has 162 valence electrons. The third kappa shape index (κ3) is 6.66. The first kappa shape index (κ1) is 21.5. The van der Waals surface area contributed by atoms with E-state index in [1.54, 1.807) is 6.92 Å². The highest BCUT2D eigenvalue weighted by atomic mass is 16.5. The molecule has 2 fully saturated rings. The van der Waals surface area contributed by atoms with Crippen molar-refractivity contribution in [2.24, 2.45) is 17.8 Å². The van der Waals surface area contributed by atoms with Gasteiger partial charge in [0.2, 0.25) is 0 Å². The summed E-state index contributed by atoms with van der Waals surface area (Å²) >= 11 is 0. The Kier molecular flexibility index (Phi) is 8.21. The van der Waals surface area contributed by atoms with E-state index in [9.17, 15) is 9.59 Å². The van der Waals surface area contributed by atoms with Crippen LogP contribution in [0.1, 0.15) is 51.3 Å². The Morgan fingerprint density at radius 1 is 1.21 bits per heavy atom. The summed E-state index contributed by atoms with van der Waals surface area (Å²) in [5.41, 5.74) is 0. The zero-order valence-corrected chi connectivity index (χ0v) is 17.1. The molecule has 1 amide bonds. The number of rotatable bonds is 9. The average Bonchev–Trinajstić information content (AvgIpc) is 3.25. The maximum Gasteiger partial charge on any atom is 0.407 e. The number of nitrogens with zero attached hydrogens (tertiary/aromatic N) is 3. The number of carbonyl (C=O) groups excluding carboxylic acids is 2. The molecule has 2 heterocycles. The van der Waals surface area contributed by atoms with Gasteiger partial charge < -0.3 is 20.1 Å². The van der Waals surface area contributed by atoms with Gasteiger partial charge >= 0.3 is 12.1 Å². The second kappa shape index (κ2) is 11.1. The van der Waals surface area contributed by atoms with Crippen molar-refractivity contribution in [3.63, 3.8) is 0 Å². The normalized spacial score (nSPS) is 26.4. The highest BCUT2D eigenvalue weighted by molar-refractivity contribution is 5.76. The number of amides is 1. The van der Waals surface area contributed by atoms with Gasteiger partial charge in [0.1, 0.15) is 6.04 Å². The lowest BCUT2D eigenvalue weighted by Gasteiger charge is -2.42. The van der Waals surface area contributed by atoms with Crippen LogP contribution in [0.4, 0.5) is 4.79 Å². The van der Waals surface area contributed by atoms with Crippen LogP contribution in [0, 0.1) is 17.8 Å². The molecule has 4 atom stereocenters. The Morgan fingerprint density at radius 2 is 2.10 bits per heavy atom. The number of hydrogen-bond acceptors (Lipinski definition) is 8. The molecule has 0 radical (unpaired) electrons. The number of ether oxygens (including phenoxy) is 2. The van der Waals surface area contributed by atoms with Crippen LogP contribution in [0.15, 0.2) is 0 Å². The molecule has 3 rings (SSSR count). The maximum absolute atomic E-state index is 12.4. The lowest BCUT2D eigenvalue weighted by Crippen LogP contribution is -2.50. The van der Waals surface area contributed by atoms with Crippen LogP contribution in [0.2, 0.25) is 0 Å². The zero-order chi connectivity index (χ0) is 20.5. The molecule has 1 aliphatic carbocycles. The number of piperidine rings is 1. The van der Waals surface area contributed by atoms with Gasteiger partial charge in [-0.05, 0) is 63.3 Å². The standard InChI is InChI=1S/C19H32N6O4/c1-2-28-19(27)20-8-3-9-29-18(26)16-11-15-10-13(4-6-14(15)12-21-16)5-7-17-22-24-25-23-17/h13-16,21H,2-12H2,1H3,(H,20,27)(H,22,23,24,25)/t13-,14+,15-,16+/m1/s1. The summed E-state index contributed by atoms with van der Waals surface area (Å²) in [6, 6.07) is -0.231. The quantitative estimate of drug-likeness (QED) is 0.410. The molecule has 0 bridgehead atoms. The Morgan fingerprint density at radius 3 is 2.90 bits per heavy atom. The Balaban J connectivity index is 1.34. The third-order valence-corrected chi connectivity index (χ3v) is 5.97. The van der Waals surface area contributed by atoms with Gasteiger partial charge in [-0.2, -0.15) is 5.21 Å². The summed E-state index contributed by atoms with van der Waals surface area (Å²) < 4.78 is 10.2. The summed E-state index contributed by atoms with van der Waals surface area (Å²) in [5, 5.41) is 20.2. The second-order valence-electron chi connectivity index (χ2n) is 7.93. The summed E-state index contributed by atoms with van der Waals surface area (Å²) in [7, 11) is 0. The first-order chi connectivity index (χ1) is 14.2. The molecule has 1 saturated heterocycles. The van der Waals surface area contributed by atoms with E-state index in [2.05, 4.69) is 31.3 Å². The number of H-pyrrole nitrogens is 1. The number of tetrazole rings is 1. The van der Waals surface area contributed by atoms with Gasteiger partial charge in [0.15, 0.2) is 5.82 Å². The highest BCUT2D eigenvalue weighted by Crippen LogP contribution is 2.40. The van der Waals surface area contributed by atoms with Crippen molar-refractivity contribution in [1.82, 2.24) is 31.3 Å². The average molecular weight is 409 g/mol. The zero-order valence-electron chi connectivity index (χ0n) is 17.1. The van der Waals surface area contributed by atoms with Crippen LogP contribution < -0.4 is 10.6 Å². The van der Waals surface area contributed by atoms with Gasteiger partial charge in [-0.3, -0.25) is 4.79 Å². The molecule has 1 aliphatic heterocycles. The fourth-order valence-corrected chi connectivity index (χ4v) is 4.44. The number of hydrogen-bond donors (Lipinski definition) is 3. The van der Waals surface area contributed by atoms with Crippen molar-refractivity contribution in [3.8, 4) is 0 Å². The molecule has 3 N–H and O–H groups in total. The molecule has 0 unspecified atom stereocenters. The second-order valence-corrected chi connectivity index (χ2v) is 7.93. The third-order valence-electron chi connectivity index (χ3n) is 5.97. The van der Waals surface area contributed by atoms with Crippen LogP contribution in [0.25, 0.3) is 0 Å². The van der Waals surface area contributed by atoms with E-state index < -0.39 is 6.09 Å². The predicted molar refractivity (Wildman–Crippen MR) is 104 cm³/mol. The molecule has 1 aromatic rings. The number of aromatic amines is 1. The minimum atomic E-state index is -0.440. The molecule has 1 saturated carbocycles. The van der Waals surface area contributed by atoms with Gasteiger partial charge in [0, 0.05) is 13.0 Å². The minimum Gasteiger partial charge on any atom is -0.464 e. The fraction of sp³-hybridized carbons (Fsp3) is 0.842. The highest BCUT2D eigenvalue weighted by Gasteiger charge is 2.38. The number of alkyl carbamates (subject to hydrolysis) is 1. The van der Waals surface area contributed by atoms with E-state index in [1.807, 2.05) is 0 Å². The van der Waals surface area contributed by atoms with Crippen molar-refractivity contribution in [2.45, 2.75) is 57.9 Å². The van der Waals surface area contributed by atoms with Crippen LogP contribution in [0.3, 0.4) is 0 Å². The first-order valence-electron chi connectivity index (χ1n) is 10.7. The van der Waals surface area contributed by atoms with Gasteiger partial charge in [-0.15, -0.1) is 10.2 Å². The van der Waals surface area contributed by atoms with Gasteiger partial charge in [-0.25, -0.2) is 4.79 Å². The van der Waals surface area contributed by atoms with Crippen molar-refractivity contribution >= 4 is 12.1 Å². The number of esters is 1. The van der Waals surface area contributed by atoms with Gasteiger partial charge in [-0.1, -0.05) is 11.6 Å². The number of carbonyl (C=O) groups is 2. The maximum atomic E-state index is 12.4. The molecule has 10 heteroatoms. The van der Waals surface area contributed by atoms with Crippen LogP contribution in [-0.4, -0.2) is 65.0 Å². The molecule has 2 aliphatic rings. The van der Waals surface area contributed by atoms with Gasteiger partial charge in [0.05, 0.1) is 13.2 Å². The monoisotopic (exact) mass is 408 g/mol. The Hall–Kier alpha value is -2.23. The van der Waals surface area contributed by atoms with Crippen LogP contribution in [0.5, 0.6) is 0 Å². The number of aryl methyl sites for hydroxylation is 1. The Labute approximate surface area is 170 Å². The summed E-state index contributed by atoms with van der Waals surface area (Å²) in [5.74, 6) is 2.45. The SMILES string of the molecule is CCOC(=O)NCCCOC(=O)[C@@H]1C[C@H]2C[C@@H](CCc3nn[nH]n3)CC[C@H]2CN1. The number of nitrogens with one attached hydrogen (secondary N) is 3. The van der Waals surface area contributed by atoms with E-state index >= 15 is 0 Å².